The van der Waals surface area contributed by atoms with Crippen LogP contribution >= 0.6 is 0 Å². The van der Waals surface area contributed by atoms with Crippen molar-refractivity contribution in [3.8, 4) is 11.5 Å². The van der Waals surface area contributed by atoms with Crippen LogP contribution in [-0.4, -0.2) is 46.4 Å². The number of imide groups is 1. The highest BCUT2D eigenvalue weighted by Crippen LogP contribution is 2.23. The predicted octanol–water partition coefficient (Wildman–Crippen LogP) is -0.0104. The van der Waals surface area contributed by atoms with Crippen molar-refractivity contribution in [2.24, 2.45) is 0 Å². The van der Waals surface area contributed by atoms with Gasteiger partial charge in [-0.2, -0.15) is 0 Å². The van der Waals surface area contributed by atoms with Gasteiger partial charge in [0.05, 0.1) is 28.4 Å². The molecule has 22 heavy (non-hydrogen) atoms. The van der Waals surface area contributed by atoms with E-state index in [-0.39, 0.29) is 0 Å². The number of nitrogens with one attached hydrogen (secondary N) is 2. The Balaban J connectivity index is 2.77. The van der Waals surface area contributed by atoms with Crippen molar-refractivity contribution >= 4 is 12.0 Å². The third kappa shape index (κ3) is 4.63. The van der Waals surface area contributed by atoms with Gasteiger partial charge >= 0.3 is 6.09 Å². The number of likely N-dealkylation sites (N-methyl/N-ethyl adjacent to an activating group) is 1. The summed E-state index contributed by atoms with van der Waals surface area (Å²) < 4.78 is 14.9. The van der Waals surface area contributed by atoms with Crippen LogP contribution in [0.25, 0.3) is 0 Å². The smallest absolute Gasteiger partial charge is 0.413 e. The third-order valence-electron chi connectivity index (χ3n) is 3.51. The van der Waals surface area contributed by atoms with Crippen molar-refractivity contribution in [2.45, 2.75) is 19.5 Å². The van der Waals surface area contributed by atoms with Gasteiger partial charge < -0.3 is 19.1 Å². The largest absolute Gasteiger partial charge is 0.497 e. The minimum absolute atomic E-state index is 0.392. The maximum Gasteiger partial charge on any atom is 0.413 e. The first-order chi connectivity index (χ1) is 10.4. The average Bonchev–Trinajstić information content (AvgIpc) is 2.53. The fourth-order valence-electron chi connectivity index (χ4n) is 1.94. The van der Waals surface area contributed by atoms with E-state index < -0.39 is 18.0 Å². The van der Waals surface area contributed by atoms with Crippen LogP contribution in [0, 0.1) is 0 Å². The van der Waals surface area contributed by atoms with Crippen LogP contribution in [-0.2, 0) is 16.1 Å². The summed E-state index contributed by atoms with van der Waals surface area (Å²) in [7, 11) is 6.25. The number of quaternary nitrogens is 1. The molecule has 122 valence electrons. The molecule has 2 atom stereocenters. The summed E-state index contributed by atoms with van der Waals surface area (Å²) >= 11 is 0. The summed E-state index contributed by atoms with van der Waals surface area (Å²) in [5.74, 6) is 1.01. The molecule has 1 aromatic carbocycles. The van der Waals surface area contributed by atoms with Gasteiger partial charge in [-0.15, -0.1) is 0 Å². The van der Waals surface area contributed by atoms with Crippen LogP contribution in [0.4, 0.5) is 4.79 Å². The van der Waals surface area contributed by atoms with Crippen LogP contribution in [0.2, 0.25) is 0 Å². The zero-order valence-electron chi connectivity index (χ0n) is 13.6. The molecule has 0 fully saturated rings. The van der Waals surface area contributed by atoms with Crippen molar-refractivity contribution in [3.63, 3.8) is 0 Å². The minimum atomic E-state index is -0.758. The molecule has 0 aliphatic rings. The lowest BCUT2D eigenvalue weighted by atomic mass is 10.1. The molecule has 0 spiro atoms. The quantitative estimate of drug-likeness (QED) is 0.772. The minimum Gasteiger partial charge on any atom is -0.497 e. The number of rotatable bonds is 6. The molecule has 7 nitrogen and oxygen atoms in total. The molecule has 0 heterocycles. The zero-order chi connectivity index (χ0) is 16.7. The highest BCUT2D eigenvalue weighted by molar-refractivity contribution is 5.93. The highest BCUT2D eigenvalue weighted by atomic mass is 16.5. The summed E-state index contributed by atoms with van der Waals surface area (Å²) in [6.45, 7) is 2.30. The summed E-state index contributed by atoms with van der Waals surface area (Å²) in [6.07, 6.45) is -0.758. The molecule has 1 unspecified atom stereocenters. The number of methoxy groups -OCH3 is 3. The Bertz CT molecular complexity index is 533. The number of hydrogen-bond acceptors (Lipinski definition) is 5. The van der Waals surface area contributed by atoms with Gasteiger partial charge in [-0.1, -0.05) is 0 Å². The first kappa shape index (κ1) is 17.8. The SMILES string of the molecule is COC(=O)NC(=O)[C@@H](C)[NH+](C)Cc1ccc(OC)cc1OC. The first-order valence-electron chi connectivity index (χ1n) is 6.85. The van der Waals surface area contributed by atoms with E-state index in [0.717, 1.165) is 10.5 Å². The molecule has 0 saturated heterocycles. The lowest BCUT2D eigenvalue weighted by molar-refractivity contribution is -0.908. The second-order valence-corrected chi connectivity index (χ2v) is 4.90. The van der Waals surface area contributed by atoms with Crippen molar-refractivity contribution < 1.29 is 28.7 Å². The van der Waals surface area contributed by atoms with E-state index in [1.807, 2.05) is 19.2 Å². The molecule has 2 amide bonds. The van der Waals surface area contributed by atoms with Crippen LogP contribution < -0.4 is 19.7 Å². The fourth-order valence-corrected chi connectivity index (χ4v) is 1.94. The molecule has 2 N–H and O–H groups in total. The highest BCUT2D eigenvalue weighted by Gasteiger charge is 2.24. The van der Waals surface area contributed by atoms with Crippen LogP contribution in [0.15, 0.2) is 18.2 Å². The maximum absolute atomic E-state index is 11.9. The van der Waals surface area contributed by atoms with Gasteiger partial charge in [0, 0.05) is 11.6 Å². The Hall–Kier alpha value is -2.28. The number of alkyl carbamates (subject to hydrolysis) is 1. The van der Waals surface area contributed by atoms with Crippen LogP contribution in [0.1, 0.15) is 12.5 Å². The summed E-state index contributed by atoms with van der Waals surface area (Å²) in [5.41, 5.74) is 0.943. The second kappa shape index (κ2) is 8.23. The van der Waals surface area contributed by atoms with Gasteiger partial charge in [-0.05, 0) is 19.1 Å². The van der Waals surface area contributed by atoms with Crippen molar-refractivity contribution in [1.82, 2.24) is 5.32 Å². The lowest BCUT2D eigenvalue weighted by Gasteiger charge is -2.21. The Labute approximate surface area is 130 Å². The molecule has 0 aromatic heterocycles. The number of benzene rings is 1. The second-order valence-electron chi connectivity index (χ2n) is 4.90. The molecule has 1 aromatic rings. The Kier molecular flexibility index (Phi) is 6.65. The summed E-state index contributed by atoms with van der Waals surface area (Å²) in [6, 6.07) is 5.10. The van der Waals surface area contributed by atoms with Gasteiger partial charge in [0.1, 0.15) is 18.0 Å². The van der Waals surface area contributed by atoms with E-state index in [1.54, 1.807) is 27.2 Å². The van der Waals surface area contributed by atoms with Crippen LogP contribution in [0.3, 0.4) is 0 Å². The molecule has 1 rings (SSSR count). The Morgan fingerprint density at radius 2 is 1.91 bits per heavy atom. The van der Waals surface area contributed by atoms with Gasteiger partial charge in [-0.3, -0.25) is 10.1 Å². The molecule has 0 bridgehead atoms. The summed E-state index contributed by atoms with van der Waals surface area (Å²) in [5, 5.41) is 2.17. The van der Waals surface area contributed by atoms with E-state index in [9.17, 15) is 9.59 Å². The molecule has 7 heteroatoms. The predicted molar refractivity (Wildman–Crippen MR) is 80.1 cm³/mol. The molecule has 0 aliphatic heterocycles. The number of amides is 2. The number of ether oxygens (including phenoxy) is 3. The van der Waals surface area contributed by atoms with E-state index in [2.05, 4.69) is 10.1 Å². The van der Waals surface area contributed by atoms with Crippen LogP contribution in [0.5, 0.6) is 11.5 Å². The third-order valence-corrected chi connectivity index (χ3v) is 3.51. The summed E-state index contributed by atoms with van der Waals surface area (Å²) in [4.78, 5) is 23.9. The maximum atomic E-state index is 11.9. The molecular formula is C15H23N2O5+. The van der Waals surface area contributed by atoms with Gasteiger partial charge in [0.2, 0.25) is 0 Å². The van der Waals surface area contributed by atoms with E-state index in [1.165, 1.54) is 7.11 Å². The first-order valence-corrected chi connectivity index (χ1v) is 6.85. The average molecular weight is 311 g/mol. The lowest BCUT2D eigenvalue weighted by Crippen LogP contribution is -3.12. The van der Waals surface area contributed by atoms with Crippen molar-refractivity contribution in [1.29, 1.82) is 0 Å². The standard InChI is InChI=1S/C15H22N2O5/c1-10(14(18)16-15(19)22-5)17(2)9-11-6-7-12(20-3)8-13(11)21-4/h6-8,10H,9H2,1-5H3,(H,16,18,19)/p+1/t10-/m1/s1. The number of carbonyl (C=O) groups is 2. The van der Waals surface area contributed by atoms with Crippen molar-refractivity contribution in [3.05, 3.63) is 23.8 Å². The van der Waals surface area contributed by atoms with Gasteiger partial charge in [-0.25, -0.2) is 4.79 Å². The van der Waals surface area contributed by atoms with Gasteiger partial charge in [0.15, 0.2) is 6.04 Å². The van der Waals surface area contributed by atoms with Gasteiger partial charge in [0.25, 0.3) is 5.91 Å². The molecule has 0 aliphatic carbocycles. The Morgan fingerprint density at radius 1 is 1.23 bits per heavy atom. The normalized spacial score (nSPS) is 13.0. The van der Waals surface area contributed by atoms with E-state index >= 15 is 0 Å². The zero-order valence-corrected chi connectivity index (χ0v) is 13.6. The van der Waals surface area contributed by atoms with Crippen molar-refractivity contribution in [2.75, 3.05) is 28.4 Å². The number of carbonyl (C=O) groups excluding carboxylic acids is 2. The Morgan fingerprint density at radius 3 is 2.45 bits per heavy atom. The molecular weight excluding hydrogens is 288 g/mol. The monoisotopic (exact) mass is 311 g/mol. The number of hydrogen-bond donors (Lipinski definition) is 2. The van der Waals surface area contributed by atoms with E-state index in [0.29, 0.717) is 18.0 Å². The topological polar surface area (TPSA) is 78.3 Å². The fraction of sp³-hybridized carbons (Fsp3) is 0.467. The molecule has 0 saturated carbocycles. The molecule has 0 radical (unpaired) electrons. The van der Waals surface area contributed by atoms with E-state index in [4.69, 9.17) is 9.47 Å².